The van der Waals surface area contributed by atoms with Gasteiger partial charge in [-0.3, -0.25) is 4.79 Å². The Hall–Kier alpha value is -1.36. The number of H-pyrrole nitrogens is 1. The molecule has 1 heterocycles. The van der Waals surface area contributed by atoms with Gasteiger partial charge in [0.05, 0.1) is 12.1 Å². The number of hydrogen-bond donors (Lipinski definition) is 3. The predicted molar refractivity (Wildman–Crippen MR) is 65.2 cm³/mol. The molecular weight excluding hydrogens is 204 g/mol. The van der Waals surface area contributed by atoms with Crippen LogP contribution in [0.5, 0.6) is 0 Å². The van der Waals surface area contributed by atoms with Gasteiger partial charge in [-0.15, -0.1) is 0 Å². The molecule has 0 atom stereocenters. The standard InChI is InChI=1S/C11H20N4O/c1-4-5-8-10(12)14-9(15-11(8)16)6-13-7(2)3/h7,13H,4-6H2,1-3H3,(H3,12,14,15,16). The van der Waals surface area contributed by atoms with E-state index in [0.29, 0.717) is 36.2 Å². The lowest BCUT2D eigenvalue weighted by Crippen LogP contribution is -2.27. The van der Waals surface area contributed by atoms with Crippen LogP contribution in [0.2, 0.25) is 0 Å². The minimum atomic E-state index is -0.116. The summed E-state index contributed by atoms with van der Waals surface area (Å²) in [6.07, 6.45) is 1.56. The zero-order chi connectivity index (χ0) is 12.1. The number of aromatic nitrogens is 2. The van der Waals surface area contributed by atoms with E-state index in [1.807, 2.05) is 20.8 Å². The molecule has 0 saturated heterocycles. The van der Waals surface area contributed by atoms with Gasteiger partial charge in [-0.2, -0.15) is 0 Å². The highest BCUT2D eigenvalue weighted by molar-refractivity contribution is 5.37. The fourth-order valence-electron chi connectivity index (χ4n) is 1.44. The van der Waals surface area contributed by atoms with Gasteiger partial charge in [-0.1, -0.05) is 27.2 Å². The topological polar surface area (TPSA) is 83.8 Å². The molecule has 90 valence electrons. The van der Waals surface area contributed by atoms with Crippen molar-refractivity contribution in [1.29, 1.82) is 0 Å². The molecule has 1 aromatic heterocycles. The normalized spacial score (nSPS) is 11.0. The van der Waals surface area contributed by atoms with Crippen LogP contribution in [0.4, 0.5) is 5.82 Å². The molecule has 0 fully saturated rings. The van der Waals surface area contributed by atoms with Crippen molar-refractivity contribution >= 4 is 5.82 Å². The van der Waals surface area contributed by atoms with E-state index in [-0.39, 0.29) is 5.56 Å². The highest BCUT2D eigenvalue weighted by Gasteiger charge is 2.07. The highest BCUT2D eigenvalue weighted by Crippen LogP contribution is 2.05. The van der Waals surface area contributed by atoms with Crippen LogP contribution in [0.25, 0.3) is 0 Å². The molecule has 1 aromatic rings. The fraction of sp³-hybridized carbons (Fsp3) is 0.636. The van der Waals surface area contributed by atoms with E-state index in [9.17, 15) is 4.79 Å². The molecule has 0 aromatic carbocycles. The first kappa shape index (κ1) is 12.7. The summed E-state index contributed by atoms with van der Waals surface area (Å²) in [5.74, 6) is 0.946. The lowest BCUT2D eigenvalue weighted by atomic mass is 10.2. The van der Waals surface area contributed by atoms with E-state index in [1.54, 1.807) is 0 Å². The van der Waals surface area contributed by atoms with Gasteiger partial charge in [0.2, 0.25) is 0 Å². The van der Waals surface area contributed by atoms with Gasteiger partial charge in [-0.25, -0.2) is 4.98 Å². The summed E-state index contributed by atoms with van der Waals surface area (Å²) >= 11 is 0. The van der Waals surface area contributed by atoms with Crippen LogP contribution in [0.1, 0.15) is 38.6 Å². The number of aromatic amines is 1. The first-order valence-electron chi connectivity index (χ1n) is 5.65. The van der Waals surface area contributed by atoms with Gasteiger partial charge in [-0.05, 0) is 6.42 Å². The second-order valence-electron chi connectivity index (χ2n) is 4.16. The summed E-state index contributed by atoms with van der Waals surface area (Å²) in [5, 5.41) is 3.18. The molecule has 0 aliphatic carbocycles. The third kappa shape index (κ3) is 3.34. The number of nitrogens with zero attached hydrogens (tertiary/aromatic N) is 1. The number of rotatable bonds is 5. The van der Waals surface area contributed by atoms with Crippen molar-refractivity contribution < 1.29 is 0 Å². The van der Waals surface area contributed by atoms with Crippen LogP contribution in [0.3, 0.4) is 0 Å². The Morgan fingerprint density at radius 3 is 2.69 bits per heavy atom. The van der Waals surface area contributed by atoms with Crippen LogP contribution >= 0.6 is 0 Å². The molecular formula is C11H20N4O. The average molecular weight is 224 g/mol. The Bertz CT molecular complexity index is 397. The summed E-state index contributed by atoms with van der Waals surface area (Å²) in [6, 6.07) is 0.349. The number of anilines is 1. The largest absolute Gasteiger partial charge is 0.383 e. The van der Waals surface area contributed by atoms with Crippen LogP contribution < -0.4 is 16.6 Å². The third-order valence-corrected chi connectivity index (χ3v) is 2.27. The minimum Gasteiger partial charge on any atom is -0.383 e. The van der Waals surface area contributed by atoms with Gasteiger partial charge in [0, 0.05) is 6.04 Å². The molecule has 0 amide bonds. The van der Waals surface area contributed by atoms with Gasteiger partial charge in [0.15, 0.2) is 0 Å². The summed E-state index contributed by atoms with van der Waals surface area (Å²) in [7, 11) is 0. The zero-order valence-electron chi connectivity index (χ0n) is 10.1. The maximum Gasteiger partial charge on any atom is 0.256 e. The maximum absolute atomic E-state index is 11.7. The third-order valence-electron chi connectivity index (χ3n) is 2.27. The predicted octanol–water partition coefficient (Wildman–Crippen LogP) is 0.803. The van der Waals surface area contributed by atoms with Crippen molar-refractivity contribution in [1.82, 2.24) is 15.3 Å². The fourth-order valence-corrected chi connectivity index (χ4v) is 1.44. The maximum atomic E-state index is 11.7. The molecule has 5 heteroatoms. The Morgan fingerprint density at radius 1 is 1.50 bits per heavy atom. The summed E-state index contributed by atoms with van der Waals surface area (Å²) in [5.41, 5.74) is 6.23. The average Bonchev–Trinajstić information content (AvgIpc) is 2.20. The van der Waals surface area contributed by atoms with Crippen molar-refractivity contribution in [3.8, 4) is 0 Å². The molecule has 16 heavy (non-hydrogen) atoms. The van der Waals surface area contributed by atoms with Crippen molar-refractivity contribution in [2.45, 2.75) is 46.2 Å². The van der Waals surface area contributed by atoms with Crippen molar-refractivity contribution in [2.75, 3.05) is 5.73 Å². The van der Waals surface area contributed by atoms with Crippen LogP contribution in [0, 0.1) is 0 Å². The SMILES string of the molecule is CCCc1c(N)nc(CNC(C)C)[nH]c1=O. The van der Waals surface area contributed by atoms with E-state index in [0.717, 1.165) is 6.42 Å². The molecule has 0 unspecified atom stereocenters. The lowest BCUT2D eigenvalue weighted by molar-refractivity contribution is 0.571. The first-order chi connectivity index (χ1) is 7.54. The van der Waals surface area contributed by atoms with Crippen LogP contribution in [0.15, 0.2) is 4.79 Å². The Balaban J connectivity index is 2.87. The van der Waals surface area contributed by atoms with E-state index in [2.05, 4.69) is 15.3 Å². The monoisotopic (exact) mass is 224 g/mol. The van der Waals surface area contributed by atoms with Crippen LogP contribution in [-0.2, 0) is 13.0 Å². The van der Waals surface area contributed by atoms with Gasteiger partial charge < -0.3 is 16.0 Å². The van der Waals surface area contributed by atoms with E-state index < -0.39 is 0 Å². The van der Waals surface area contributed by atoms with Crippen molar-refractivity contribution in [3.05, 3.63) is 21.7 Å². The zero-order valence-corrected chi connectivity index (χ0v) is 10.1. The van der Waals surface area contributed by atoms with Crippen molar-refractivity contribution in [3.63, 3.8) is 0 Å². The second-order valence-corrected chi connectivity index (χ2v) is 4.16. The molecule has 1 rings (SSSR count). The molecule has 0 saturated carbocycles. The number of hydrogen-bond acceptors (Lipinski definition) is 4. The Kier molecular flexibility index (Phi) is 4.49. The minimum absolute atomic E-state index is 0.116. The van der Waals surface area contributed by atoms with E-state index >= 15 is 0 Å². The quantitative estimate of drug-likeness (QED) is 0.691. The Morgan fingerprint density at radius 2 is 2.19 bits per heavy atom. The summed E-state index contributed by atoms with van der Waals surface area (Å²) in [6.45, 7) is 6.61. The number of nitrogens with two attached hydrogens (primary N) is 1. The first-order valence-corrected chi connectivity index (χ1v) is 5.65. The van der Waals surface area contributed by atoms with Gasteiger partial charge in [0.25, 0.3) is 5.56 Å². The number of nitrogen functional groups attached to an aromatic ring is 1. The molecule has 0 aliphatic heterocycles. The molecule has 0 spiro atoms. The summed E-state index contributed by atoms with van der Waals surface area (Å²) in [4.78, 5) is 18.6. The smallest absolute Gasteiger partial charge is 0.256 e. The highest BCUT2D eigenvalue weighted by atomic mass is 16.1. The Labute approximate surface area is 95.5 Å². The lowest BCUT2D eigenvalue weighted by Gasteiger charge is -2.09. The molecule has 0 radical (unpaired) electrons. The van der Waals surface area contributed by atoms with Gasteiger partial charge >= 0.3 is 0 Å². The molecule has 0 bridgehead atoms. The molecule has 4 N–H and O–H groups in total. The summed E-state index contributed by atoms with van der Waals surface area (Å²) < 4.78 is 0. The molecule has 0 aliphatic rings. The van der Waals surface area contributed by atoms with E-state index in [1.165, 1.54) is 0 Å². The van der Waals surface area contributed by atoms with Gasteiger partial charge in [0.1, 0.15) is 11.6 Å². The molecule has 5 nitrogen and oxygen atoms in total. The van der Waals surface area contributed by atoms with Crippen molar-refractivity contribution in [2.24, 2.45) is 0 Å². The second kappa shape index (κ2) is 5.65. The number of nitrogens with one attached hydrogen (secondary N) is 2. The van der Waals surface area contributed by atoms with Crippen LogP contribution in [-0.4, -0.2) is 16.0 Å². The van der Waals surface area contributed by atoms with E-state index in [4.69, 9.17) is 5.73 Å².